The van der Waals surface area contributed by atoms with Crippen molar-refractivity contribution >= 4 is 44.9 Å². The first-order chi connectivity index (χ1) is 9.51. The zero-order valence-corrected chi connectivity index (χ0v) is 12.7. The number of hydrogen-bond donors (Lipinski definition) is 2. The van der Waals surface area contributed by atoms with Gasteiger partial charge in [0, 0.05) is 18.9 Å². The van der Waals surface area contributed by atoms with E-state index in [1.807, 2.05) is 0 Å². The number of rotatable bonds is 3. The van der Waals surface area contributed by atoms with Crippen molar-refractivity contribution < 1.29 is 9.18 Å². The van der Waals surface area contributed by atoms with Gasteiger partial charge in [0.25, 0.3) is 5.91 Å². The smallest absolute Gasteiger partial charge is 0.257 e. The number of halogens is 3. The Morgan fingerprint density at radius 1 is 1.40 bits per heavy atom. The number of nitrogens with zero attached hydrogens (tertiary/aromatic N) is 1. The van der Waals surface area contributed by atoms with E-state index < -0.39 is 11.7 Å². The van der Waals surface area contributed by atoms with Gasteiger partial charge < -0.3 is 10.6 Å². The number of benzene rings is 1. The molecule has 20 heavy (non-hydrogen) atoms. The molecule has 0 spiro atoms. The Kier molecular flexibility index (Phi) is 4.57. The minimum Gasteiger partial charge on any atom is -0.372 e. The third kappa shape index (κ3) is 3.26. The number of amides is 1. The SMILES string of the molecule is CNc1ncc(C(=O)Nc2ccc(Br)c(F)c2)cc1Cl. The molecule has 0 saturated heterocycles. The molecule has 1 amide bonds. The zero-order valence-electron chi connectivity index (χ0n) is 10.4. The van der Waals surface area contributed by atoms with Crippen molar-refractivity contribution in [2.24, 2.45) is 0 Å². The summed E-state index contributed by atoms with van der Waals surface area (Å²) < 4.78 is 13.7. The molecule has 1 aromatic carbocycles. The van der Waals surface area contributed by atoms with Gasteiger partial charge in [-0.3, -0.25) is 4.79 Å². The average Bonchev–Trinajstić information content (AvgIpc) is 2.42. The Balaban J connectivity index is 2.19. The van der Waals surface area contributed by atoms with Gasteiger partial charge in [-0.05, 0) is 40.2 Å². The van der Waals surface area contributed by atoms with Gasteiger partial charge in [0.05, 0.1) is 15.1 Å². The molecule has 0 fully saturated rings. The Bertz CT molecular complexity index is 666. The van der Waals surface area contributed by atoms with E-state index in [2.05, 4.69) is 31.5 Å². The van der Waals surface area contributed by atoms with Gasteiger partial charge in [0.15, 0.2) is 0 Å². The summed E-state index contributed by atoms with van der Waals surface area (Å²) in [6.07, 6.45) is 1.39. The highest BCUT2D eigenvalue weighted by Gasteiger charge is 2.10. The van der Waals surface area contributed by atoms with Crippen LogP contribution in [0.1, 0.15) is 10.4 Å². The molecule has 2 aromatic rings. The third-order valence-electron chi connectivity index (χ3n) is 2.52. The van der Waals surface area contributed by atoms with E-state index in [0.29, 0.717) is 21.0 Å². The second kappa shape index (κ2) is 6.19. The molecule has 0 saturated carbocycles. The fourth-order valence-corrected chi connectivity index (χ4v) is 2.03. The van der Waals surface area contributed by atoms with Gasteiger partial charge in [-0.2, -0.15) is 0 Å². The Morgan fingerprint density at radius 2 is 2.15 bits per heavy atom. The van der Waals surface area contributed by atoms with Crippen LogP contribution in [0.25, 0.3) is 0 Å². The van der Waals surface area contributed by atoms with Gasteiger partial charge in [-0.1, -0.05) is 11.6 Å². The fraction of sp³-hybridized carbons (Fsp3) is 0.0769. The van der Waals surface area contributed by atoms with E-state index >= 15 is 0 Å². The van der Waals surface area contributed by atoms with Gasteiger partial charge >= 0.3 is 0 Å². The largest absolute Gasteiger partial charge is 0.372 e. The van der Waals surface area contributed by atoms with Crippen molar-refractivity contribution in [3.05, 3.63) is 51.3 Å². The topological polar surface area (TPSA) is 54.0 Å². The first kappa shape index (κ1) is 14.7. The lowest BCUT2D eigenvalue weighted by Gasteiger charge is -2.07. The maximum Gasteiger partial charge on any atom is 0.257 e. The average molecular weight is 359 g/mol. The monoisotopic (exact) mass is 357 g/mol. The predicted molar refractivity (Wildman–Crippen MR) is 80.8 cm³/mol. The molecular weight excluding hydrogens is 349 g/mol. The van der Waals surface area contributed by atoms with Crippen molar-refractivity contribution in [2.45, 2.75) is 0 Å². The molecule has 0 aliphatic carbocycles. The van der Waals surface area contributed by atoms with Crippen LogP contribution in [0.3, 0.4) is 0 Å². The molecule has 1 heterocycles. The van der Waals surface area contributed by atoms with Crippen molar-refractivity contribution in [3.63, 3.8) is 0 Å². The summed E-state index contributed by atoms with van der Waals surface area (Å²) in [5.41, 5.74) is 0.641. The second-order valence-corrected chi connectivity index (χ2v) is 5.15. The normalized spacial score (nSPS) is 10.2. The molecule has 7 heteroatoms. The maximum absolute atomic E-state index is 13.4. The first-order valence-corrected chi connectivity index (χ1v) is 6.78. The lowest BCUT2D eigenvalue weighted by Crippen LogP contribution is -2.12. The minimum atomic E-state index is -0.454. The molecule has 0 unspecified atom stereocenters. The van der Waals surface area contributed by atoms with Crippen molar-refractivity contribution in [1.82, 2.24) is 4.98 Å². The van der Waals surface area contributed by atoms with Crippen LogP contribution in [0, 0.1) is 5.82 Å². The van der Waals surface area contributed by atoms with Crippen molar-refractivity contribution in [3.8, 4) is 0 Å². The molecule has 0 bridgehead atoms. The maximum atomic E-state index is 13.4. The van der Waals surface area contributed by atoms with Gasteiger partial charge in [0.1, 0.15) is 11.6 Å². The molecular formula is C13H10BrClFN3O. The summed E-state index contributed by atoms with van der Waals surface area (Å²) in [5, 5.41) is 5.70. The minimum absolute atomic E-state index is 0.289. The number of anilines is 2. The van der Waals surface area contributed by atoms with Gasteiger partial charge in [-0.25, -0.2) is 9.37 Å². The molecule has 0 atom stereocenters. The standard InChI is InChI=1S/C13H10BrClFN3O/c1-17-12-10(15)4-7(6-18-12)13(20)19-8-2-3-9(14)11(16)5-8/h2-6H,1H3,(H,17,18)(H,19,20). The quantitative estimate of drug-likeness (QED) is 0.874. The second-order valence-electron chi connectivity index (χ2n) is 3.89. The number of nitrogens with one attached hydrogen (secondary N) is 2. The Labute approximate surface area is 128 Å². The summed E-state index contributed by atoms with van der Waals surface area (Å²) in [4.78, 5) is 16.0. The summed E-state index contributed by atoms with van der Waals surface area (Å²) in [5.74, 6) is -0.383. The van der Waals surface area contributed by atoms with Crippen LogP contribution >= 0.6 is 27.5 Å². The van der Waals surface area contributed by atoms with E-state index in [1.165, 1.54) is 24.4 Å². The van der Waals surface area contributed by atoms with Crippen LogP contribution in [0.5, 0.6) is 0 Å². The molecule has 1 aromatic heterocycles. The van der Waals surface area contributed by atoms with Crippen LogP contribution in [-0.2, 0) is 0 Å². The molecule has 0 aliphatic heterocycles. The fourth-order valence-electron chi connectivity index (χ4n) is 1.52. The first-order valence-electron chi connectivity index (χ1n) is 5.61. The van der Waals surface area contributed by atoms with Crippen molar-refractivity contribution in [2.75, 3.05) is 17.7 Å². The number of carbonyl (C=O) groups excluding carboxylic acids is 1. The summed E-state index contributed by atoms with van der Waals surface area (Å²) in [6, 6.07) is 5.81. The molecule has 104 valence electrons. The summed E-state index contributed by atoms with van der Waals surface area (Å²) in [6.45, 7) is 0. The molecule has 0 radical (unpaired) electrons. The van der Waals surface area contributed by atoms with Crippen LogP contribution in [0.4, 0.5) is 15.9 Å². The molecule has 4 nitrogen and oxygen atoms in total. The number of aromatic nitrogens is 1. The lowest BCUT2D eigenvalue weighted by atomic mass is 10.2. The number of pyridine rings is 1. The lowest BCUT2D eigenvalue weighted by molar-refractivity contribution is 0.102. The highest BCUT2D eigenvalue weighted by atomic mass is 79.9. The predicted octanol–water partition coefficient (Wildman–Crippen LogP) is 3.93. The Hall–Kier alpha value is -1.66. The number of hydrogen-bond acceptors (Lipinski definition) is 3. The highest BCUT2D eigenvalue weighted by molar-refractivity contribution is 9.10. The van der Waals surface area contributed by atoms with Crippen LogP contribution in [-0.4, -0.2) is 17.9 Å². The zero-order chi connectivity index (χ0) is 14.7. The Morgan fingerprint density at radius 3 is 2.75 bits per heavy atom. The number of carbonyl (C=O) groups is 1. The van der Waals surface area contributed by atoms with Gasteiger partial charge in [-0.15, -0.1) is 0 Å². The molecule has 2 rings (SSSR count). The summed E-state index contributed by atoms with van der Waals surface area (Å²) in [7, 11) is 1.68. The molecule has 2 N–H and O–H groups in total. The van der Waals surface area contributed by atoms with Gasteiger partial charge in [0.2, 0.25) is 0 Å². The van der Waals surface area contributed by atoms with E-state index in [1.54, 1.807) is 13.1 Å². The van der Waals surface area contributed by atoms with Crippen LogP contribution in [0.15, 0.2) is 34.9 Å². The van der Waals surface area contributed by atoms with E-state index in [-0.39, 0.29) is 5.56 Å². The van der Waals surface area contributed by atoms with E-state index in [0.717, 1.165) is 0 Å². The van der Waals surface area contributed by atoms with Crippen LogP contribution < -0.4 is 10.6 Å². The third-order valence-corrected chi connectivity index (χ3v) is 3.45. The van der Waals surface area contributed by atoms with Crippen LogP contribution in [0.2, 0.25) is 5.02 Å². The highest BCUT2D eigenvalue weighted by Crippen LogP contribution is 2.22. The van der Waals surface area contributed by atoms with E-state index in [4.69, 9.17) is 11.6 Å². The summed E-state index contributed by atoms with van der Waals surface area (Å²) >= 11 is 9.00. The van der Waals surface area contributed by atoms with Crippen molar-refractivity contribution in [1.29, 1.82) is 0 Å². The molecule has 0 aliphatic rings. The van der Waals surface area contributed by atoms with E-state index in [9.17, 15) is 9.18 Å².